The van der Waals surface area contributed by atoms with Gasteiger partial charge in [0, 0.05) is 22.0 Å². The SMILES string of the molecule is CCc1nc2cccc(Br)c2c(Cl)c1Cc1ccc(C(F)(F)F)cc1. The van der Waals surface area contributed by atoms with E-state index in [0.717, 1.165) is 44.3 Å². The van der Waals surface area contributed by atoms with Gasteiger partial charge in [0.05, 0.1) is 16.1 Å². The zero-order valence-corrected chi connectivity index (χ0v) is 15.6. The second-order valence-electron chi connectivity index (χ2n) is 5.71. The number of hydrogen-bond donors (Lipinski definition) is 0. The zero-order valence-electron chi connectivity index (χ0n) is 13.3. The van der Waals surface area contributed by atoms with Crippen molar-refractivity contribution in [3.63, 3.8) is 0 Å². The standard InChI is InChI=1S/C19H14BrClF3N/c1-2-15-13(10-11-6-8-12(9-7-11)19(22,23)24)18(21)17-14(20)4-3-5-16(17)25-15/h3-9H,2,10H2,1H3. The Morgan fingerprint density at radius 3 is 2.36 bits per heavy atom. The molecule has 0 N–H and O–H groups in total. The number of pyridine rings is 1. The van der Waals surface area contributed by atoms with Gasteiger partial charge in [-0.25, -0.2) is 0 Å². The maximum atomic E-state index is 12.7. The average molecular weight is 429 g/mol. The van der Waals surface area contributed by atoms with E-state index < -0.39 is 11.7 Å². The number of halogens is 5. The first-order valence-electron chi connectivity index (χ1n) is 7.73. The van der Waals surface area contributed by atoms with Crippen LogP contribution in [0.3, 0.4) is 0 Å². The Kier molecular flexibility index (Phi) is 5.07. The minimum Gasteiger partial charge on any atom is -0.252 e. The highest BCUT2D eigenvalue weighted by molar-refractivity contribution is 9.10. The molecule has 0 spiro atoms. The summed E-state index contributed by atoms with van der Waals surface area (Å²) in [5.74, 6) is 0. The van der Waals surface area contributed by atoms with Gasteiger partial charge in [0.15, 0.2) is 0 Å². The number of aryl methyl sites for hydroxylation is 1. The van der Waals surface area contributed by atoms with Crippen molar-refractivity contribution in [2.75, 3.05) is 0 Å². The highest BCUT2D eigenvalue weighted by Gasteiger charge is 2.30. The summed E-state index contributed by atoms with van der Waals surface area (Å²) in [7, 11) is 0. The van der Waals surface area contributed by atoms with Crippen LogP contribution in [0.25, 0.3) is 10.9 Å². The van der Waals surface area contributed by atoms with E-state index in [-0.39, 0.29) is 0 Å². The molecule has 0 saturated heterocycles. The summed E-state index contributed by atoms with van der Waals surface area (Å²) in [5.41, 5.74) is 2.61. The van der Waals surface area contributed by atoms with E-state index in [9.17, 15) is 13.2 Å². The molecular weight excluding hydrogens is 415 g/mol. The van der Waals surface area contributed by atoms with Gasteiger partial charge in [-0.2, -0.15) is 13.2 Å². The fourth-order valence-corrected chi connectivity index (χ4v) is 3.84. The summed E-state index contributed by atoms with van der Waals surface area (Å²) in [4.78, 5) is 4.67. The van der Waals surface area contributed by atoms with Crippen LogP contribution < -0.4 is 0 Å². The van der Waals surface area contributed by atoms with E-state index in [1.165, 1.54) is 12.1 Å². The molecule has 0 aliphatic carbocycles. The van der Waals surface area contributed by atoms with Crippen LogP contribution in [0.1, 0.15) is 29.3 Å². The van der Waals surface area contributed by atoms with Gasteiger partial charge < -0.3 is 0 Å². The van der Waals surface area contributed by atoms with Crippen molar-refractivity contribution < 1.29 is 13.2 Å². The number of hydrogen-bond acceptors (Lipinski definition) is 1. The molecule has 0 atom stereocenters. The van der Waals surface area contributed by atoms with Crippen LogP contribution in [-0.4, -0.2) is 4.98 Å². The Labute approximate surface area is 157 Å². The lowest BCUT2D eigenvalue weighted by Gasteiger charge is -2.14. The number of nitrogens with zero attached hydrogens (tertiary/aromatic N) is 1. The summed E-state index contributed by atoms with van der Waals surface area (Å²) >= 11 is 10.1. The molecule has 0 fully saturated rings. The van der Waals surface area contributed by atoms with Gasteiger partial charge in [-0.15, -0.1) is 0 Å². The molecule has 6 heteroatoms. The lowest BCUT2D eigenvalue weighted by Crippen LogP contribution is -2.05. The van der Waals surface area contributed by atoms with Crippen molar-refractivity contribution >= 4 is 38.4 Å². The molecule has 1 nitrogen and oxygen atoms in total. The average Bonchev–Trinajstić information content (AvgIpc) is 2.56. The molecule has 3 aromatic rings. The third-order valence-electron chi connectivity index (χ3n) is 4.08. The first-order chi connectivity index (χ1) is 11.8. The molecular formula is C19H14BrClF3N. The summed E-state index contributed by atoms with van der Waals surface area (Å²) in [5, 5.41) is 1.41. The Balaban J connectivity index is 2.06. The molecule has 0 saturated carbocycles. The normalized spacial score (nSPS) is 11.9. The molecule has 0 aliphatic rings. The molecule has 3 rings (SSSR count). The van der Waals surface area contributed by atoms with Gasteiger partial charge in [0.1, 0.15) is 0 Å². The van der Waals surface area contributed by atoms with Crippen molar-refractivity contribution in [1.82, 2.24) is 4.98 Å². The second kappa shape index (κ2) is 6.96. The maximum absolute atomic E-state index is 12.7. The summed E-state index contributed by atoms with van der Waals surface area (Å²) in [6.45, 7) is 1.98. The molecule has 1 aromatic heterocycles. The molecule has 0 radical (unpaired) electrons. The Bertz CT molecular complexity index is 921. The van der Waals surface area contributed by atoms with Gasteiger partial charge in [-0.05, 0) is 41.8 Å². The third kappa shape index (κ3) is 3.67. The monoisotopic (exact) mass is 427 g/mol. The van der Waals surface area contributed by atoms with Crippen molar-refractivity contribution in [1.29, 1.82) is 0 Å². The fourth-order valence-electron chi connectivity index (χ4n) is 2.80. The van der Waals surface area contributed by atoms with E-state index in [0.29, 0.717) is 17.9 Å². The number of benzene rings is 2. The Morgan fingerprint density at radius 2 is 1.76 bits per heavy atom. The van der Waals surface area contributed by atoms with Crippen LogP contribution in [0.5, 0.6) is 0 Å². The zero-order chi connectivity index (χ0) is 18.2. The topological polar surface area (TPSA) is 12.9 Å². The Morgan fingerprint density at radius 1 is 1.08 bits per heavy atom. The predicted molar refractivity (Wildman–Crippen MR) is 98.1 cm³/mol. The van der Waals surface area contributed by atoms with Crippen molar-refractivity contribution in [2.45, 2.75) is 25.9 Å². The first-order valence-corrected chi connectivity index (χ1v) is 8.90. The first kappa shape index (κ1) is 18.2. The molecule has 0 amide bonds. The fraction of sp³-hybridized carbons (Fsp3) is 0.211. The van der Waals surface area contributed by atoms with Crippen molar-refractivity contribution in [3.8, 4) is 0 Å². The van der Waals surface area contributed by atoms with E-state index in [1.54, 1.807) is 0 Å². The van der Waals surface area contributed by atoms with Gasteiger partial charge in [-0.1, -0.05) is 52.7 Å². The molecule has 1 heterocycles. The summed E-state index contributed by atoms with van der Waals surface area (Å²) in [6.07, 6.45) is -3.21. The molecule has 0 aliphatic heterocycles. The van der Waals surface area contributed by atoms with E-state index in [1.807, 2.05) is 25.1 Å². The highest BCUT2D eigenvalue weighted by Crippen LogP contribution is 2.35. The van der Waals surface area contributed by atoms with Crippen LogP contribution in [0.15, 0.2) is 46.9 Å². The minimum absolute atomic E-state index is 0.435. The minimum atomic E-state index is -4.33. The van der Waals surface area contributed by atoms with Crippen LogP contribution in [0.4, 0.5) is 13.2 Å². The highest BCUT2D eigenvalue weighted by atomic mass is 79.9. The van der Waals surface area contributed by atoms with Gasteiger partial charge in [0.2, 0.25) is 0 Å². The number of fused-ring (bicyclic) bond motifs is 1. The van der Waals surface area contributed by atoms with Crippen LogP contribution in [0.2, 0.25) is 5.02 Å². The molecule has 25 heavy (non-hydrogen) atoms. The maximum Gasteiger partial charge on any atom is 0.416 e. The predicted octanol–water partition coefficient (Wildman–Crippen LogP) is 6.82. The lowest BCUT2D eigenvalue weighted by atomic mass is 9.99. The van der Waals surface area contributed by atoms with Crippen LogP contribution in [0, 0.1) is 0 Å². The van der Waals surface area contributed by atoms with Gasteiger partial charge >= 0.3 is 6.18 Å². The summed E-state index contributed by atoms with van der Waals surface area (Å²) < 4.78 is 39.0. The molecule has 0 bridgehead atoms. The lowest BCUT2D eigenvalue weighted by molar-refractivity contribution is -0.137. The number of rotatable bonds is 3. The van der Waals surface area contributed by atoms with Gasteiger partial charge in [-0.3, -0.25) is 4.98 Å². The van der Waals surface area contributed by atoms with Crippen molar-refractivity contribution in [3.05, 3.63) is 74.3 Å². The molecule has 130 valence electrons. The van der Waals surface area contributed by atoms with Gasteiger partial charge in [0.25, 0.3) is 0 Å². The molecule has 0 unspecified atom stereocenters. The summed E-state index contributed by atoms with van der Waals surface area (Å²) in [6, 6.07) is 10.9. The van der Waals surface area contributed by atoms with Crippen LogP contribution >= 0.6 is 27.5 Å². The van der Waals surface area contributed by atoms with Crippen LogP contribution in [-0.2, 0) is 19.0 Å². The quantitative estimate of drug-likeness (QED) is 0.446. The second-order valence-corrected chi connectivity index (χ2v) is 6.94. The van der Waals surface area contributed by atoms with Crippen molar-refractivity contribution in [2.24, 2.45) is 0 Å². The number of aromatic nitrogens is 1. The van der Waals surface area contributed by atoms with E-state index in [4.69, 9.17) is 11.6 Å². The third-order valence-corrected chi connectivity index (χ3v) is 5.15. The van der Waals surface area contributed by atoms with E-state index >= 15 is 0 Å². The molecule has 2 aromatic carbocycles. The largest absolute Gasteiger partial charge is 0.416 e. The Hall–Kier alpha value is -1.59. The number of alkyl halides is 3. The smallest absolute Gasteiger partial charge is 0.252 e. The van der Waals surface area contributed by atoms with E-state index in [2.05, 4.69) is 20.9 Å².